The van der Waals surface area contributed by atoms with E-state index in [0.717, 1.165) is 10.4 Å². The number of rotatable bonds is 5. The quantitative estimate of drug-likeness (QED) is 0.724. The normalized spacial score (nSPS) is 11.1. The maximum Gasteiger partial charge on any atom is 0.243 e. The molecule has 2 aromatic carbocycles. The summed E-state index contributed by atoms with van der Waals surface area (Å²) in [5.41, 5.74) is 2.34. The Morgan fingerprint density at radius 1 is 1.24 bits per heavy atom. The summed E-state index contributed by atoms with van der Waals surface area (Å²) < 4.78 is 14.5. The molecule has 0 saturated heterocycles. The van der Waals surface area contributed by atoms with Gasteiger partial charge in [0.1, 0.15) is 11.3 Å². The van der Waals surface area contributed by atoms with E-state index in [9.17, 15) is 9.18 Å². The van der Waals surface area contributed by atoms with Gasteiger partial charge in [-0.15, -0.1) is 0 Å². The molecule has 4 nitrogen and oxygen atoms in total. The Morgan fingerprint density at radius 2 is 1.96 bits per heavy atom. The van der Waals surface area contributed by atoms with Gasteiger partial charge in [0.05, 0.1) is 11.2 Å². The molecule has 1 heterocycles. The monoisotopic (exact) mass is 357 g/mol. The molecular formula is C19H20FN3OS. The zero-order valence-corrected chi connectivity index (χ0v) is 15.2. The lowest BCUT2D eigenvalue weighted by Crippen LogP contribution is -2.29. The number of likely N-dealkylation sites (N-methyl/N-ethyl adjacent to an activating group) is 1. The van der Waals surface area contributed by atoms with Crippen molar-refractivity contribution in [1.29, 1.82) is 0 Å². The third kappa shape index (κ3) is 3.96. The second kappa shape index (κ2) is 7.19. The van der Waals surface area contributed by atoms with Crippen molar-refractivity contribution < 1.29 is 9.18 Å². The Balaban J connectivity index is 1.66. The topological polar surface area (TPSA) is 45.2 Å². The molecule has 1 N–H and O–H groups in total. The Bertz CT molecular complexity index is 889. The van der Waals surface area contributed by atoms with Crippen LogP contribution in [0.25, 0.3) is 10.2 Å². The molecule has 0 spiro atoms. The molecule has 0 atom stereocenters. The van der Waals surface area contributed by atoms with E-state index in [1.54, 1.807) is 18.0 Å². The number of halogens is 1. The predicted molar refractivity (Wildman–Crippen MR) is 102 cm³/mol. The average Bonchev–Trinajstić information content (AvgIpc) is 3.01. The zero-order chi connectivity index (χ0) is 18.0. The zero-order valence-electron chi connectivity index (χ0n) is 14.4. The van der Waals surface area contributed by atoms with Crippen LogP contribution in [0.5, 0.6) is 0 Å². The summed E-state index contributed by atoms with van der Waals surface area (Å²) in [6, 6.07) is 12.7. The number of nitrogens with one attached hydrogen (secondary N) is 1. The lowest BCUT2D eigenvalue weighted by molar-refractivity contribution is -0.114. The van der Waals surface area contributed by atoms with Crippen molar-refractivity contribution >= 4 is 38.3 Å². The van der Waals surface area contributed by atoms with E-state index in [0.29, 0.717) is 16.6 Å². The van der Waals surface area contributed by atoms with Gasteiger partial charge >= 0.3 is 0 Å². The first kappa shape index (κ1) is 17.4. The fourth-order valence-corrected chi connectivity index (χ4v) is 3.44. The highest BCUT2D eigenvalue weighted by atomic mass is 32.1. The lowest BCUT2D eigenvalue weighted by Gasteiger charge is -2.15. The van der Waals surface area contributed by atoms with E-state index < -0.39 is 0 Å². The molecule has 0 radical (unpaired) electrons. The first-order valence-electron chi connectivity index (χ1n) is 8.10. The molecule has 25 heavy (non-hydrogen) atoms. The van der Waals surface area contributed by atoms with Crippen molar-refractivity contribution in [2.24, 2.45) is 0 Å². The van der Waals surface area contributed by atoms with Gasteiger partial charge in [-0.1, -0.05) is 43.4 Å². The van der Waals surface area contributed by atoms with Crippen molar-refractivity contribution in [2.45, 2.75) is 19.8 Å². The summed E-state index contributed by atoms with van der Waals surface area (Å²) in [6.45, 7) is 4.40. The first-order valence-corrected chi connectivity index (χ1v) is 8.91. The highest BCUT2D eigenvalue weighted by Crippen LogP contribution is 2.29. The van der Waals surface area contributed by atoms with E-state index in [1.807, 2.05) is 30.3 Å². The van der Waals surface area contributed by atoms with E-state index >= 15 is 0 Å². The van der Waals surface area contributed by atoms with Gasteiger partial charge in [-0.25, -0.2) is 9.37 Å². The standard InChI is InChI=1S/C19H20FN3OS/c1-12(2)13-7-9-14(10-8-13)21-17(24)11-23(3)19-22-18-15(20)5-4-6-16(18)25-19/h4-10,12H,11H2,1-3H3,(H,21,24). The number of carbonyl (C=O) groups is 1. The second-order valence-electron chi connectivity index (χ2n) is 6.26. The maximum absolute atomic E-state index is 13.7. The number of fused-ring (bicyclic) bond motifs is 1. The van der Waals surface area contributed by atoms with Gasteiger partial charge in [-0.05, 0) is 35.7 Å². The summed E-state index contributed by atoms with van der Waals surface area (Å²) in [5.74, 6) is -0.0297. The molecule has 0 unspecified atom stereocenters. The summed E-state index contributed by atoms with van der Waals surface area (Å²) in [7, 11) is 1.77. The molecule has 6 heteroatoms. The number of para-hydroxylation sites is 1. The molecule has 0 saturated carbocycles. The Labute approximate surface area is 150 Å². The van der Waals surface area contributed by atoms with Crippen LogP contribution >= 0.6 is 11.3 Å². The summed E-state index contributed by atoms with van der Waals surface area (Å²) in [6.07, 6.45) is 0. The van der Waals surface area contributed by atoms with E-state index in [2.05, 4.69) is 24.1 Å². The first-order chi connectivity index (χ1) is 11.9. The highest BCUT2D eigenvalue weighted by Gasteiger charge is 2.14. The largest absolute Gasteiger partial charge is 0.342 e. The van der Waals surface area contributed by atoms with Crippen molar-refractivity contribution in [3.05, 3.63) is 53.8 Å². The molecule has 0 bridgehead atoms. The predicted octanol–water partition coefficient (Wildman–Crippen LogP) is 4.63. The number of carbonyl (C=O) groups excluding carboxylic acids is 1. The second-order valence-corrected chi connectivity index (χ2v) is 7.27. The van der Waals surface area contributed by atoms with Gasteiger partial charge in [-0.2, -0.15) is 0 Å². The van der Waals surface area contributed by atoms with Gasteiger partial charge in [0.2, 0.25) is 5.91 Å². The molecule has 1 aromatic heterocycles. The van der Waals surface area contributed by atoms with E-state index in [-0.39, 0.29) is 18.3 Å². The number of anilines is 2. The Hall–Kier alpha value is -2.47. The number of hydrogen-bond donors (Lipinski definition) is 1. The molecule has 0 fully saturated rings. The van der Waals surface area contributed by atoms with Crippen LogP contribution in [0.1, 0.15) is 25.3 Å². The van der Waals surface area contributed by atoms with Crippen molar-refractivity contribution in [1.82, 2.24) is 4.98 Å². The average molecular weight is 357 g/mol. The van der Waals surface area contributed by atoms with E-state index in [4.69, 9.17) is 0 Å². The van der Waals surface area contributed by atoms with Gasteiger partial charge in [0, 0.05) is 12.7 Å². The molecule has 0 aliphatic rings. The van der Waals surface area contributed by atoms with Gasteiger partial charge in [0.25, 0.3) is 0 Å². The van der Waals surface area contributed by atoms with Crippen LogP contribution in [0.2, 0.25) is 0 Å². The molecular weight excluding hydrogens is 337 g/mol. The van der Waals surface area contributed by atoms with E-state index in [1.165, 1.54) is 23.0 Å². The van der Waals surface area contributed by atoms with Crippen LogP contribution in [-0.2, 0) is 4.79 Å². The van der Waals surface area contributed by atoms with Crippen molar-refractivity contribution in [2.75, 3.05) is 23.8 Å². The van der Waals surface area contributed by atoms with Crippen LogP contribution in [0.15, 0.2) is 42.5 Å². The van der Waals surface area contributed by atoms with Crippen LogP contribution in [0.3, 0.4) is 0 Å². The third-order valence-electron chi connectivity index (χ3n) is 3.93. The van der Waals surface area contributed by atoms with Crippen molar-refractivity contribution in [3.63, 3.8) is 0 Å². The summed E-state index contributed by atoms with van der Waals surface area (Å²) in [5, 5.41) is 3.49. The minimum Gasteiger partial charge on any atom is -0.342 e. The molecule has 0 aliphatic heterocycles. The van der Waals surface area contributed by atoms with Crippen LogP contribution in [-0.4, -0.2) is 24.5 Å². The number of amides is 1. The molecule has 1 amide bonds. The minimum atomic E-state index is -0.344. The fourth-order valence-electron chi connectivity index (χ4n) is 2.50. The third-order valence-corrected chi connectivity index (χ3v) is 5.06. The number of benzene rings is 2. The maximum atomic E-state index is 13.7. The van der Waals surface area contributed by atoms with Crippen LogP contribution in [0, 0.1) is 5.82 Å². The fraction of sp³-hybridized carbons (Fsp3) is 0.263. The summed E-state index contributed by atoms with van der Waals surface area (Å²) in [4.78, 5) is 18.3. The van der Waals surface area contributed by atoms with Crippen molar-refractivity contribution in [3.8, 4) is 0 Å². The Kier molecular flexibility index (Phi) is 4.99. The minimum absolute atomic E-state index is 0.139. The number of nitrogens with zero attached hydrogens (tertiary/aromatic N) is 2. The summed E-state index contributed by atoms with van der Waals surface area (Å²) >= 11 is 1.37. The molecule has 130 valence electrons. The lowest BCUT2D eigenvalue weighted by atomic mass is 10.0. The van der Waals surface area contributed by atoms with Crippen LogP contribution in [0.4, 0.5) is 15.2 Å². The SMILES string of the molecule is CC(C)c1ccc(NC(=O)CN(C)c2nc3c(F)cccc3s2)cc1. The number of hydrogen-bond acceptors (Lipinski definition) is 4. The van der Waals surface area contributed by atoms with Gasteiger partial charge in [-0.3, -0.25) is 4.79 Å². The number of aromatic nitrogens is 1. The smallest absolute Gasteiger partial charge is 0.243 e. The van der Waals surface area contributed by atoms with Gasteiger partial charge in [0.15, 0.2) is 5.13 Å². The Morgan fingerprint density at radius 3 is 2.60 bits per heavy atom. The number of thiazole rings is 1. The van der Waals surface area contributed by atoms with Crippen LogP contribution < -0.4 is 10.2 Å². The molecule has 0 aliphatic carbocycles. The molecule has 3 aromatic rings. The molecule has 3 rings (SSSR count). The highest BCUT2D eigenvalue weighted by molar-refractivity contribution is 7.22. The van der Waals surface area contributed by atoms with Gasteiger partial charge < -0.3 is 10.2 Å².